The first-order valence-electron chi connectivity index (χ1n) is 7.22. The molecule has 116 valence electrons. The summed E-state index contributed by atoms with van der Waals surface area (Å²) in [6.45, 7) is 2.80. The van der Waals surface area contributed by atoms with Gasteiger partial charge in [0.05, 0.1) is 13.2 Å². The van der Waals surface area contributed by atoms with Crippen molar-refractivity contribution in [2.75, 3.05) is 6.61 Å². The van der Waals surface area contributed by atoms with E-state index in [0.717, 1.165) is 24.7 Å². The number of benzene rings is 1. The van der Waals surface area contributed by atoms with E-state index in [4.69, 9.17) is 4.74 Å². The molecule has 22 heavy (non-hydrogen) atoms. The molecule has 0 aliphatic rings. The van der Waals surface area contributed by atoms with E-state index in [9.17, 15) is 9.59 Å². The van der Waals surface area contributed by atoms with Crippen molar-refractivity contribution >= 4 is 12.3 Å². The first-order valence-corrected chi connectivity index (χ1v) is 7.22. The Hall–Kier alpha value is -2.57. The van der Waals surface area contributed by atoms with Gasteiger partial charge in [0.25, 0.3) is 0 Å². The number of carbonyl (C=O) groups excluding carboxylic acids is 2. The molecule has 0 amide bonds. The van der Waals surface area contributed by atoms with Crippen LogP contribution in [0.4, 0.5) is 0 Å². The van der Waals surface area contributed by atoms with Crippen molar-refractivity contribution in [1.82, 2.24) is 20.2 Å². The summed E-state index contributed by atoms with van der Waals surface area (Å²) in [4.78, 5) is 23.3. The lowest BCUT2D eigenvalue weighted by Crippen LogP contribution is -2.06. The van der Waals surface area contributed by atoms with Crippen LogP contribution in [0.5, 0.6) is 0 Å². The molecule has 0 atom stereocenters. The Kier molecular flexibility index (Phi) is 5.76. The molecule has 0 unspecified atom stereocenters. The summed E-state index contributed by atoms with van der Waals surface area (Å²) in [7, 11) is 0. The van der Waals surface area contributed by atoms with Crippen LogP contribution in [0.1, 0.15) is 36.5 Å². The first kappa shape index (κ1) is 15.8. The van der Waals surface area contributed by atoms with Gasteiger partial charge < -0.3 is 4.74 Å². The summed E-state index contributed by atoms with van der Waals surface area (Å²) in [5.41, 5.74) is 1.42. The maximum absolute atomic E-state index is 11.2. The van der Waals surface area contributed by atoms with Crippen LogP contribution in [0.3, 0.4) is 0 Å². The molecule has 0 aliphatic heterocycles. The summed E-state index contributed by atoms with van der Waals surface area (Å²) in [6.07, 6.45) is 2.70. The fourth-order valence-electron chi connectivity index (χ4n) is 1.92. The lowest BCUT2D eigenvalue weighted by atomic mass is 10.1. The quantitative estimate of drug-likeness (QED) is 0.420. The van der Waals surface area contributed by atoms with Gasteiger partial charge in [0.15, 0.2) is 0 Å². The Morgan fingerprint density at radius 2 is 2.05 bits per heavy atom. The predicted molar refractivity (Wildman–Crippen MR) is 79.1 cm³/mol. The minimum atomic E-state index is -0.176. The molecule has 0 spiro atoms. The van der Waals surface area contributed by atoms with Crippen molar-refractivity contribution in [3.63, 3.8) is 0 Å². The number of carbonyl (C=O) groups is 2. The highest BCUT2D eigenvalue weighted by Crippen LogP contribution is 2.13. The number of aryl methyl sites for hydroxylation is 1. The zero-order chi connectivity index (χ0) is 15.8. The SMILES string of the molecule is CCOC(=O)CCCCn1nnc(-c2ccc(C=O)cc2)n1. The average Bonchev–Trinajstić information content (AvgIpc) is 3.01. The molecule has 0 saturated heterocycles. The number of tetrazole rings is 1. The minimum absolute atomic E-state index is 0.176. The van der Waals surface area contributed by atoms with Crippen molar-refractivity contribution in [2.45, 2.75) is 32.7 Å². The number of aldehydes is 1. The van der Waals surface area contributed by atoms with Gasteiger partial charge in [0, 0.05) is 17.5 Å². The van der Waals surface area contributed by atoms with Crippen molar-refractivity contribution in [1.29, 1.82) is 0 Å². The van der Waals surface area contributed by atoms with E-state index in [0.29, 0.717) is 31.0 Å². The predicted octanol–water partition coefficient (Wildman–Crippen LogP) is 1.89. The molecule has 0 radical (unpaired) electrons. The number of aromatic nitrogens is 4. The second-order valence-electron chi connectivity index (χ2n) is 4.71. The third-order valence-electron chi connectivity index (χ3n) is 3.05. The normalized spacial score (nSPS) is 10.4. The molecule has 0 N–H and O–H groups in total. The molecule has 2 aromatic rings. The van der Waals surface area contributed by atoms with E-state index in [1.165, 1.54) is 4.80 Å². The van der Waals surface area contributed by atoms with Crippen LogP contribution in [0.2, 0.25) is 0 Å². The van der Waals surface area contributed by atoms with Crippen molar-refractivity contribution in [3.05, 3.63) is 29.8 Å². The smallest absolute Gasteiger partial charge is 0.305 e. The van der Waals surface area contributed by atoms with Gasteiger partial charge in [-0.15, -0.1) is 10.2 Å². The van der Waals surface area contributed by atoms with E-state index in [1.54, 1.807) is 31.2 Å². The Balaban J connectivity index is 1.83. The van der Waals surface area contributed by atoms with E-state index in [2.05, 4.69) is 15.4 Å². The second kappa shape index (κ2) is 8.02. The Morgan fingerprint density at radius 3 is 2.73 bits per heavy atom. The molecular formula is C15H18N4O3. The average molecular weight is 302 g/mol. The van der Waals surface area contributed by atoms with Gasteiger partial charge in [0.2, 0.25) is 5.82 Å². The molecule has 7 nitrogen and oxygen atoms in total. The Labute approximate surface area is 128 Å². The number of rotatable bonds is 8. The largest absolute Gasteiger partial charge is 0.466 e. The maximum Gasteiger partial charge on any atom is 0.305 e. The topological polar surface area (TPSA) is 87.0 Å². The molecule has 0 aliphatic carbocycles. The number of hydrogen-bond donors (Lipinski definition) is 0. The van der Waals surface area contributed by atoms with Gasteiger partial charge in [-0.2, -0.15) is 4.80 Å². The molecule has 1 aromatic heterocycles. The van der Waals surface area contributed by atoms with Gasteiger partial charge in [-0.1, -0.05) is 24.3 Å². The van der Waals surface area contributed by atoms with Crippen molar-refractivity contribution < 1.29 is 14.3 Å². The molecule has 0 fully saturated rings. The maximum atomic E-state index is 11.2. The van der Waals surface area contributed by atoms with Crippen LogP contribution in [0.25, 0.3) is 11.4 Å². The zero-order valence-electron chi connectivity index (χ0n) is 12.4. The number of nitrogens with zero attached hydrogens (tertiary/aromatic N) is 4. The number of esters is 1. The molecule has 1 heterocycles. The van der Waals surface area contributed by atoms with Crippen LogP contribution >= 0.6 is 0 Å². The third-order valence-corrected chi connectivity index (χ3v) is 3.05. The molecule has 2 rings (SSSR count). The lowest BCUT2D eigenvalue weighted by molar-refractivity contribution is -0.143. The van der Waals surface area contributed by atoms with E-state index < -0.39 is 0 Å². The van der Waals surface area contributed by atoms with E-state index in [-0.39, 0.29) is 5.97 Å². The van der Waals surface area contributed by atoms with Crippen molar-refractivity contribution in [2.24, 2.45) is 0 Å². The second-order valence-corrected chi connectivity index (χ2v) is 4.71. The van der Waals surface area contributed by atoms with E-state index >= 15 is 0 Å². The van der Waals surface area contributed by atoms with Gasteiger partial charge in [-0.25, -0.2) is 0 Å². The van der Waals surface area contributed by atoms with Crippen LogP contribution in [-0.4, -0.2) is 39.1 Å². The summed E-state index contributed by atoms with van der Waals surface area (Å²) in [6, 6.07) is 6.99. The summed E-state index contributed by atoms with van der Waals surface area (Å²) in [5, 5.41) is 12.2. The highest BCUT2D eigenvalue weighted by atomic mass is 16.5. The molecule has 0 saturated carbocycles. The van der Waals surface area contributed by atoms with E-state index in [1.807, 2.05) is 0 Å². The van der Waals surface area contributed by atoms with Gasteiger partial charge in [-0.05, 0) is 25.0 Å². The summed E-state index contributed by atoms with van der Waals surface area (Å²) in [5.74, 6) is 0.341. The van der Waals surface area contributed by atoms with Crippen LogP contribution in [-0.2, 0) is 16.1 Å². The van der Waals surface area contributed by atoms with Crippen LogP contribution in [0, 0.1) is 0 Å². The van der Waals surface area contributed by atoms with Crippen LogP contribution < -0.4 is 0 Å². The standard InChI is InChI=1S/C15H18N4O3/c1-2-22-14(21)5-3-4-10-19-17-15(16-18-19)13-8-6-12(11-20)7-9-13/h6-9,11H,2-5,10H2,1H3. The van der Waals surface area contributed by atoms with Crippen molar-refractivity contribution in [3.8, 4) is 11.4 Å². The summed E-state index contributed by atoms with van der Waals surface area (Å²) >= 11 is 0. The highest BCUT2D eigenvalue weighted by Gasteiger charge is 2.06. The molecular weight excluding hydrogens is 284 g/mol. The monoisotopic (exact) mass is 302 g/mol. The number of hydrogen-bond acceptors (Lipinski definition) is 6. The fraction of sp³-hybridized carbons (Fsp3) is 0.400. The van der Waals surface area contributed by atoms with Gasteiger partial charge in [0.1, 0.15) is 6.29 Å². The van der Waals surface area contributed by atoms with Gasteiger partial charge >= 0.3 is 5.97 Å². The highest BCUT2D eigenvalue weighted by molar-refractivity contribution is 5.76. The Morgan fingerprint density at radius 1 is 1.27 bits per heavy atom. The van der Waals surface area contributed by atoms with Gasteiger partial charge in [-0.3, -0.25) is 9.59 Å². The fourth-order valence-corrected chi connectivity index (χ4v) is 1.92. The lowest BCUT2D eigenvalue weighted by Gasteiger charge is -2.01. The summed E-state index contributed by atoms with van der Waals surface area (Å²) < 4.78 is 4.86. The molecule has 0 bridgehead atoms. The third kappa shape index (κ3) is 4.47. The Bertz CT molecular complexity index is 622. The minimum Gasteiger partial charge on any atom is -0.466 e. The number of unbranched alkanes of at least 4 members (excludes halogenated alkanes) is 1. The first-order chi connectivity index (χ1) is 10.7. The van der Waals surface area contributed by atoms with Crippen LogP contribution in [0.15, 0.2) is 24.3 Å². The molecule has 1 aromatic carbocycles. The molecule has 7 heteroatoms. The zero-order valence-corrected chi connectivity index (χ0v) is 12.4. The number of ether oxygens (including phenoxy) is 1.